The molecule has 0 radical (unpaired) electrons. The number of hydrogen-bond donors (Lipinski definition) is 2. The third-order valence-electron chi connectivity index (χ3n) is 4.03. The molecule has 0 aliphatic heterocycles. The Hall–Kier alpha value is -2.78. The maximum absolute atomic E-state index is 12.3. The molecule has 10 heteroatoms. The van der Waals surface area contributed by atoms with Gasteiger partial charge in [-0.3, -0.25) is 9.59 Å². The summed E-state index contributed by atoms with van der Waals surface area (Å²) in [7, 11) is 0. The predicted molar refractivity (Wildman–Crippen MR) is 126 cm³/mol. The van der Waals surface area contributed by atoms with Crippen molar-refractivity contribution in [1.82, 2.24) is 10.9 Å². The van der Waals surface area contributed by atoms with Crippen LogP contribution in [0.15, 0.2) is 58.7 Å². The van der Waals surface area contributed by atoms with Crippen LogP contribution < -0.4 is 10.9 Å². The summed E-state index contributed by atoms with van der Waals surface area (Å²) < 4.78 is 1.83. The number of carbonyl (C=O) groups is 2. The van der Waals surface area contributed by atoms with E-state index >= 15 is 0 Å². The number of fused-ring (bicyclic) bond motifs is 2. The number of benzene rings is 2. The molecule has 2 aromatic heterocycles. The van der Waals surface area contributed by atoms with E-state index in [0.29, 0.717) is 19.8 Å². The first-order valence-electron chi connectivity index (χ1n) is 8.55. The lowest BCUT2D eigenvalue weighted by molar-refractivity contribution is 0.0951. The molecule has 2 amide bonds. The molecule has 0 bridgehead atoms. The fourth-order valence-electron chi connectivity index (χ4n) is 2.68. The van der Waals surface area contributed by atoms with Crippen LogP contribution in [-0.4, -0.2) is 24.2 Å². The van der Waals surface area contributed by atoms with Gasteiger partial charge >= 0.3 is 0 Å². The van der Waals surface area contributed by atoms with Crippen molar-refractivity contribution < 1.29 is 9.59 Å². The van der Waals surface area contributed by atoms with E-state index in [2.05, 4.69) is 21.1 Å². The topological polar surface area (TPSA) is 82.9 Å². The fraction of sp³-hybridized carbons (Fsp3) is 0. The van der Waals surface area contributed by atoms with Gasteiger partial charge in [0, 0.05) is 20.2 Å². The average Bonchev–Trinajstić information content (AvgIpc) is 3.28. The van der Waals surface area contributed by atoms with Crippen molar-refractivity contribution in [2.24, 2.45) is 10.2 Å². The zero-order valence-electron chi connectivity index (χ0n) is 15.1. The van der Waals surface area contributed by atoms with Crippen LogP contribution in [0.2, 0.25) is 10.0 Å². The molecular formula is C20H12Cl2N4O2S2. The Bertz CT molecular complexity index is 1230. The SMILES string of the molecule is O=C(N/N=C\C=N/NC(=O)c1sc2ccccc2c1Cl)c1sc2ccccc2c1Cl. The molecule has 0 aliphatic rings. The van der Waals surface area contributed by atoms with Gasteiger partial charge in [0.1, 0.15) is 9.75 Å². The first-order chi connectivity index (χ1) is 14.6. The monoisotopic (exact) mass is 474 g/mol. The normalized spacial score (nSPS) is 11.7. The molecule has 0 saturated heterocycles. The van der Waals surface area contributed by atoms with Crippen LogP contribution >= 0.6 is 45.9 Å². The van der Waals surface area contributed by atoms with Crippen molar-refractivity contribution in [3.05, 3.63) is 68.3 Å². The number of halogens is 2. The minimum absolute atomic E-state index is 0.375. The van der Waals surface area contributed by atoms with Gasteiger partial charge in [0.25, 0.3) is 11.8 Å². The van der Waals surface area contributed by atoms with Crippen molar-refractivity contribution in [2.45, 2.75) is 0 Å². The van der Waals surface area contributed by atoms with Gasteiger partial charge in [-0.1, -0.05) is 59.6 Å². The van der Waals surface area contributed by atoms with Crippen molar-refractivity contribution >= 4 is 90.3 Å². The lowest BCUT2D eigenvalue weighted by Crippen LogP contribution is -2.18. The highest BCUT2D eigenvalue weighted by atomic mass is 35.5. The van der Waals surface area contributed by atoms with Crippen LogP contribution in [0, 0.1) is 0 Å². The Labute approximate surface area is 188 Å². The zero-order valence-corrected chi connectivity index (χ0v) is 18.2. The molecule has 4 rings (SSSR count). The summed E-state index contributed by atoms with van der Waals surface area (Å²) in [5, 5.41) is 9.99. The van der Waals surface area contributed by atoms with E-state index in [9.17, 15) is 9.59 Å². The van der Waals surface area contributed by atoms with E-state index in [1.807, 2.05) is 48.5 Å². The Morgan fingerprint density at radius 2 is 1.13 bits per heavy atom. The molecular weight excluding hydrogens is 463 g/mol. The predicted octanol–water partition coefficient (Wildman–Crippen LogP) is 5.55. The van der Waals surface area contributed by atoms with E-state index < -0.39 is 11.8 Å². The van der Waals surface area contributed by atoms with Crippen LogP contribution in [0.1, 0.15) is 19.3 Å². The van der Waals surface area contributed by atoms with Crippen molar-refractivity contribution in [1.29, 1.82) is 0 Å². The molecule has 150 valence electrons. The average molecular weight is 475 g/mol. The van der Waals surface area contributed by atoms with E-state index in [0.717, 1.165) is 20.2 Å². The van der Waals surface area contributed by atoms with Crippen LogP contribution in [0.4, 0.5) is 0 Å². The number of carbonyl (C=O) groups excluding carboxylic acids is 2. The number of hydrogen-bond acceptors (Lipinski definition) is 6. The van der Waals surface area contributed by atoms with Crippen LogP contribution in [0.5, 0.6) is 0 Å². The summed E-state index contributed by atoms with van der Waals surface area (Å²) in [4.78, 5) is 25.3. The van der Waals surface area contributed by atoms with Crippen LogP contribution in [0.3, 0.4) is 0 Å². The van der Waals surface area contributed by atoms with E-state index in [4.69, 9.17) is 23.2 Å². The summed E-state index contributed by atoms with van der Waals surface area (Å²) in [5.41, 5.74) is 4.76. The van der Waals surface area contributed by atoms with Crippen LogP contribution in [-0.2, 0) is 0 Å². The minimum atomic E-state index is -0.424. The zero-order chi connectivity index (χ0) is 21.1. The molecule has 2 heterocycles. The van der Waals surface area contributed by atoms with Gasteiger partial charge in [0.2, 0.25) is 0 Å². The maximum atomic E-state index is 12.3. The number of nitrogens with one attached hydrogen (secondary N) is 2. The molecule has 0 fully saturated rings. The van der Waals surface area contributed by atoms with E-state index in [-0.39, 0.29) is 0 Å². The number of rotatable bonds is 5. The summed E-state index contributed by atoms with van der Waals surface area (Å²) in [6.07, 6.45) is 2.48. The van der Waals surface area contributed by atoms with Crippen molar-refractivity contribution in [2.75, 3.05) is 0 Å². The second kappa shape index (κ2) is 8.93. The van der Waals surface area contributed by atoms with Gasteiger partial charge in [0.05, 0.1) is 22.5 Å². The quantitative estimate of drug-likeness (QED) is 0.293. The number of nitrogens with zero attached hydrogens (tertiary/aromatic N) is 2. The van der Waals surface area contributed by atoms with Gasteiger partial charge in [-0.25, -0.2) is 10.9 Å². The Morgan fingerprint density at radius 3 is 1.53 bits per heavy atom. The summed E-state index contributed by atoms with van der Waals surface area (Å²) in [6.45, 7) is 0. The Balaban J connectivity index is 1.35. The Kier molecular flexibility index (Phi) is 6.10. The molecule has 0 unspecified atom stereocenters. The number of hydrazone groups is 2. The highest BCUT2D eigenvalue weighted by Gasteiger charge is 2.17. The molecule has 0 saturated carbocycles. The summed E-state index contributed by atoms with van der Waals surface area (Å²) in [5.74, 6) is -0.848. The van der Waals surface area contributed by atoms with Gasteiger partial charge in [-0.05, 0) is 12.1 Å². The molecule has 6 nitrogen and oxygen atoms in total. The lowest BCUT2D eigenvalue weighted by atomic mass is 10.2. The molecule has 2 N–H and O–H groups in total. The van der Waals surface area contributed by atoms with Gasteiger partial charge < -0.3 is 0 Å². The first kappa shape index (κ1) is 20.5. The fourth-order valence-corrected chi connectivity index (χ4v) is 5.49. The van der Waals surface area contributed by atoms with Crippen molar-refractivity contribution in [3.8, 4) is 0 Å². The van der Waals surface area contributed by atoms with E-state index in [1.165, 1.54) is 35.1 Å². The molecule has 4 aromatic rings. The molecule has 30 heavy (non-hydrogen) atoms. The molecule has 2 aromatic carbocycles. The number of thiophene rings is 2. The highest BCUT2D eigenvalue weighted by Crippen LogP contribution is 2.35. The smallest absolute Gasteiger partial charge is 0.266 e. The van der Waals surface area contributed by atoms with Crippen molar-refractivity contribution in [3.63, 3.8) is 0 Å². The highest BCUT2D eigenvalue weighted by molar-refractivity contribution is 7.22. The largest absolute Gasteiger partial charge is 0.283 e. The Morgan fingerprint density at radius 1 is 0.733 bits per heavy atom. The molecule has 0 spiro atoms. The second-order valence-corrected chi connectivity index (χ2v) is 8.78. The summed E-state index contributed by atoms with van der Waals surface area (Å²) >= 11 is 15.1. The summed E-state index contributed by atoms with van der Waals surface area (Å²) in [6, 6.07) is 15.0. The maximum Gasteiger partial charge on any atom is 0.283 e. The standard InChI is InChI=1S/C20H12Cl2N4O2S2/c21-15-11-5-1-3-7-13(11)29-17(15)19(27)25-23-9-10-24-26-20(28)18-16(22)12-6-2-4-8-14(12)30-18/h1-10H,(H,25,27)(H,26,28)/b23-9-,24-10-. The molecule has 0 aliphatic carbocycles. The van der Waals surface area contributed by atoms with Crippen LogP contribution in [0.25, 0.3) is 20.2 Å². The molecule has 0 atom stereocenters. The number of amides is 2. The second-order valence-electron chi connectivity index (χ2n) is 5.92. The van der Waals surface area contributed by atoms with Gasteiger partial charge in [-0.15, -0.1) is 22.7 Å². The van der Waals surface area contributed by atoms with Gasteiger partial charge in [0.15, 0.2) is 0 Å². The third-order valence-corrected chi connectivity index (χ3v) is 7.38. The van der Waals surface area contributed by atoms with Gasteiger partial charge in [-0.2, -0.15) is 10.2 Å². The minimum Gasteiger partial charge on any atom is -0.266 e. The third kappa shape index (κ3) is 4.08. The lowest BCUT2D eigenvalue weighted by Gasteiger charge is -1.97. The van der Waals surface area contributed by atoms with E-state index in [1.54, 1.807) is 0 Å². The first-order valence-corrected chi connectivity index (χ1v) is 10.9.